The third-order valence-corrected chi connectivity index (χ3v) is 5.47. The summed E-state index contributed by atoms with van der Waals surface area (Å²) in [5, 5.41) is 3.44. The van der Waals surface area contributed by atoms with Gasteiger partial charge >= 0.3 is 0 Å². The van der Waals surface area contributed by atoms with Crippen LogP contribution >= 0.6 is 0 Å². The highest BCUT2D eigenvalue weighted by Gasteiger charge is 2.15. The second kappa shape index (κ2) is 8.54. The van der Waals surface area contributed by atoms with Crippen molar-refractivity contribution in [3.63, 3.8) is 0 Å². The molecule has 0 aromatic heterocycles. The Morgan fingerprint density at radius 1 is 1.14 bits per heavy atom. The van der Waals surface area contributed by atoms with Crippen LogP contribution < -0.4 is 5.32 Å². The lowest BCUT2D eigenvalue weighted by atomic mass is 9.96. The van der Waals surface area contributed by atoms with Gasteiger partial charge in [-0.3, -0.25) is 0 Å². The van der Waals surface area contributed by atoms with Gasteiger partial charge in [0.25, 0.3) is 0 Å². The summed E-state index contributed by atoms with van der Waals surface area (Å²) in [4.78, 5) is 0. The second-order valence-corrected chi connectivity index (χ2v) is 8.62. The van der Waals surface area contributed by atoms with E-state index >= 15 is 0 Å². The number of aryl methyl sites for hydroxylation is 1. The molecule has 1 aromatic carbocycles. The van der Waals surface area contributed by atoms with E-state index in [1.807, 2.05) is 0 Å². The van der Waals surface area contributed by atoms with Crippen LogP contribution in [-0.4, -0.2) is 32.5 Å². The van der Waals surface area contributed by atoms with E-state index in [9.17, 15) is 8.42 Å². The zero-order valence-corrected chi connectivity index (χ0v) is 14.5. The summed E-state index contributed by atoms with van der Waals surface area (Å²) < 4.78 is 23.4. The Morgan fingerprint density at radius 2 is 1.76 bits per heavy atom. The monoisotopic (exact) mass is 311 g/mol. The topological polar surface area (TPSA) is 46.2 Å². The van der Waals surface area contributed by atoms with Gasteiger partial charge in [0.1, 0.15) is 9.84 Å². The van der Waals surface area contributed by atoms with Gasteiger partial charge in [0.15, 0.2) is 0 Å². The average Bonchev–Trinajstić information content (AvgIpc) is 2.44. The van der Waals surface area contributed by atoms with Gasteiger partial charge in [-0.2, -0.15) is 0 Å². The molecule has 0 aliphatic heterocycles. The third kappa shape index (κ3) is 7.63. The van der Waals surface area contributed by atoms with E-state index in [2.05, 4.69) is 50.4 Å². The van der Waals surface area contributed by atoms with Crippen molar-refractivity contribution in [3.05, 3.63) is 35.4 Å². The number of hydrogen-bond donors (Lipinski definition) is 1. The maximum Gasteiger partial charge on any atom is 0.150 e. The van der Waals surface area contributed by atoms with Gasteiger partial charge in [-0.15, -0.1) is 0 Å². The SMILES string of the molecule is CCS(=O)(=O)CCC(CNC(C)C)Cc1ccc(C)cc1. The van der Waals surface area contributed by atoms with Gasteiger partial charge in [-0.25, -0.2) is 8.42 Å². The van der Waals surface area contributed by atoms with E-state index in [4.69, 9.17) is 0 Å². The van der Waals surface area contributed by atoms with E-state index < -0.39 is 9.84 Å². The summed E-state index contributed by atoms with van der Waals surface area (Å²) >= 11 is 0. The van der Waals surface area contributed by atoms with Crippen molar-refractivity contribution in [2.24, 2.45) is 5.92 Å². The number of nitrogens with one attached hydrogen (secondary N) is 1. The quantitative estimate of drug-likeness (QED) is 0.762. The standard InChI is InChI=1S/C17H29NO2S/c1-5-21(19,20)11-10-17(13-18-14(2)3)12-16-8-6-15(4)7-9-16/h6-9,14,17-18H,5,10-13H2,1-4H3. The third-order valence-electron chi connectivity index (χ3n) is 3.74. The molecule has 0 heterocycles. The van der Waals surface area contributed by atoms with Crippen LogP contribution in [0, 0.1) is 12.8 Å². The molecule has 1 N–H and O–H groups in total. The highest BCUT2D eigenvalue weighted by molar-refractivity contribution is 7.91. The molecule has 1 aromatic rings. The van der Waals surface area contributed by atoms with Crippen LogP contribution in [-0.2, 0) is 16.3 Å². The zero-order chi connectivity index (χ0) is 15.9. The van der Waals surface area contributed by atoms with Crippen LogP contribution in [0.3, 0.4) is 0 Å². The fourth-order valence-corrected chi connectivity index (χ4v) is 3.21. The molecule has 3 nitrogen and oxygen atoms in total. The minimum absolute atomic E-state index is 0.238. The van der Waals surface area contributed by atoms with Gasteiger partial charge < -0.3 is 5.32 Å². The maximum atomic E-state index is 11.7. The van der Waals surface area contributed by atoms with Crippen LogP contribution in [0.15, 0.2) is 24.3 Å². The minimum atomic E-state index is -2.88. The predicted molar refractivity (Wildman–Crippen MR) is 90.5 cm³/mol. The zero-order valence-electron chi connectivity index (χ0n) is 13.7. The summed E-state index contributed by atoms with van der Waals surface area (Å²) in [5.74, 6) is 0.887. The predicted octanol–water partition coefficient (Wildman–Crippen LogP) is 2.98. The molecule has 0 saturated heterocycles. The van der Waals surface area contributed by atoms with Gasteiger partial charge in [0.2, 0.25) is 0 Å². The van der Waals surface area contributed by atoms with E-state index in [0.29, 0.717) is 17.7 Å². The Kier molecular flexibility index (Phi) is 7.40. The molecule has 0 fully saturated rings. The van der Waals surface area contributed by atoms with Crippen LogP contribution in [0.1, 0.15) is 38.3 Å². The van der Waals surface area contributed by atoms with Gasteiger partial charge in [-0.1, -0.05) is 50.6 Å². The molecule has 0 saturated carbocycles. The molecule has 0 aliphatic rings. The molecule has 0 aliphatic carbocycles. The molecule has 1 unspecified atom stereocenters. The fourth-order valence-electron chi connectivity index (χ4n) is 2.23. The van der Waals surface area contributed by atoms with E-state index in [0.717, 1.165) is 19.4 Å². The van der Waals surface area contributed by atoms with Crippen molar-refractivity contribution in [1.29, 1.82) is 0 Å². The largest absolute Gasteiger partial charge is 0.314 e. The molecule has 0 amide bonds. The van der Waals surface area contributed by atoms with Gasteiger partial charge in [0.05, 0.1) is 5.75 Å². The first-order valence-corrected chi connectivity index (χ1v) is 9.64. The van der Waals surface area contributed by atoms with Gasteiger partial charge in [-0.05, 0) is 37.8 Å². The molecule has 0 spiro atoms. The first-order chi connectivity index (χ1) is 9.82. The van der Waals surface area contributed by atoms with Crippen molar-refractivity contribution in [1.82, 2.24) is 5.32 Å². The molecule has 1 atom stereocenters. The second-order valence-electron chi connectivity index (χ2n) is 6.14. The highest BCUT2D eigenvalue weighted by Crippen LogP contribution is 2.14. The Bertz CT molecular complexity index is 506. The van der Waals surface area contributed by atoms with Crippen LogP contribution in [0.5, 0.6) is 0 Å². The number of rotatable bonds is 9. The normalized spacial score (nSPS) is 13.6. The lowest BCUT2D eigenvalue weighted by Gasteiger charge is -2.19. The fraction of sp³-hybridized carbons (Fsp3) is 0.647. The molecule has 4 heteroatoms. The first-order valence-electron chi connectivity index (χ1n) is 7.81. The average molecular weight is 311 g/mol. The van der Waals surface area contributed by atoms with Crippen molar-refractivity contribution < 1.29 is 8.42 Å². The summed E-state index contributed by atoms with van der Waals surface area (Å²) in [6.45, 7) is 8.90. The van der Waals surface area contributed by atoms with E-state index in [1.54, 1.807) is 6.92 Å². The molecule has 0 radical (unpaired) electrons. The maximum absolute atomic E-state index is 11.7. The Balaban J connectivity index is 2.65. The lowest BCUT2D eigenvalue weighted by molar-refractivity contribution is 0.435. The van der Waals surface area contributed by atoms with Crippen molar-refractivity contribution in [3.8, 4) is 0 Å². The van der Waals surface area contributed by atoms with E-state index in [1.165, 1.54) is 11.1 Å². The van der Waals surface area contributed by atoms with Crippen molar-refractivity contribution >= 4 is 9.84 Å². The molecule has 0 bridgehead atoms. The first kappa shape index (κ1) is 18.2. The van der Waals surface area contributed by atoms with Crippen LogP contribution in [0.25, 0.3) is 0 Å². The highest BCUT2D eigenvalue weighted by atomic mass is 32.2. The summed E-state index contributed by atoms with van der Waals surface area (Å²) in [6, 6.07) is 8.95. The summed E-state index contributed by atoms with van der Waals surface area (Å²) in [7, 11) is -2.88. The lowest BCUT2D eigenvalue weighted by Crippen LogP contribution is -2.31. The Labute approximate surface area is 130 Å². The van der Waals surface area contributed by atoms with Crippen LogP contribution in [0.2, 0.25) is 0 Å². The van der Waals surface area contributed by atoms with Crippen LogP contribution in [0.4, 0.5) is 0 Å². The Morgan fingerprint density at radius 3 is 2.29 bits per heavy atom. The molecule has 120 valence electrons. The van der Waals surface area contributed by atoms with Crippen molar-refractivity contribution in [2.75, 3.05) is 18.1 Å². The summed E-state index contributed by atoms with van der Waals surface area (Å²) in [5.41, 5.74) is 2.54. The number of sulfone groups is 1. The molecule has 21 heavy (non-hydrogen) atoms. The molecule has 1 rings (SSSR count). The van der Waals surface area contributed by atoms with E-state index in [-0.39, 0.29) is 5.75 Å². The minimum Gasteiger partial charge on any atom is -0.314 e. The van der Waals surface area contributed by atoms with Gasteiger partial charge in [0, 0.05) is 11.8 Å². The molecular weight excluding hydrogens is 282 g/mol. The Hall–Kier alpha value is -0.870. The number of hydrogen-bond acceptors (Lipinski definition) is 3. The summed E-state index contributed by atoms with van der Waals surface area (Å²) in [6.07, 6.45) is 1.66. The van der Waals surface area contributed by atoms with Crippen molar-refractivity contribution in [2.45, 2.75) is 46.6 Å². The number of benzene rings is 1. The molecular formula is C17H29NO2S. The smallest absolute Gasteiger partial charge is 0.150 e.